The fourth-order valence-electron chi connectivity index (χ4n) is 2.15. The van der Waals surface area contributed by atoms with E-state index >= 15 is 0 Å². The second kappa shape index (κ2) is 8.40. The average molecular weight is 306 g/mol. The van der Waals surface area contributed by atoms with Crippen LogP contribution in [-0.2, 0) is 11.2 Å². The maximum Gasteiger partial charge on any atom is 0.251 e. The fourth-order valence-corrected chi connectivity index (χ4v) is 2.15. The van der Waals surface area contributed by atoms with Crippen molar-refractivity contribution >= 4 is 11.8 Å². The number of carbonyl (C=O) groups excluding carboxylic acids is 2. The monoisotopic (exact) mass is 306 g/mol. The number of rotatable bonds is 6. The molecule has 0 aliphatic rings. The van der Waals surface area contributed by atoms with Gasteiger partial charge in [-0.1, -0.05) is 54.5 Å². The van der Waals surface area contributed by atoms with E-state index in [9.17, 15) is 9.59 Å². The maximum absolute atomic E-state index is 12.3. The summed E-state index contributed by atoms with van der Waals surface area (Å²) in [6.07, 6.45) is 5.57. The standard InChI is InChI=1S/C19H18N2O2/c1-2-13-20-19(23)17(14-15-9-5-3-6-10-15)21-18(22)16-11-7-4-8-12-16/h1,3-12,17H,13-14H2,(H,20,23)(H,21,22). The fraction of sp³-hybridized carbons (Fsp3) is 0.158. The van der Waals surface area contributed by atoms with Gasteiger partial charge in [0, 0.05) is 12.0 Å². The third-order valence-electron chi connectivity index (χ3n) is 3.31. The van der Waals surface area contributed by atoms with Crippen molar-refractivity contribution in [3.63, 3.8) is 0 Å². The van der Waals surface area contributed by atoms with Gasteiger partial charge in [-0.05, 0) is 17.7 Å². The van der Waals surface area contributed by atoms with Crippen molar-refractivity contribution in [2.24, 2.45) is 0 Å². The molecule has 2 rings (SSSR count). The van der Waals surface area contributed by atoms with Crippen LogP contribution in [0.3, 0.4) is 0 Å². The third-order valence-corrected chi connectivity index (χ3v) is 3.31. The quantitative estimate of drug-likeness (QED) is 0.799. The lowest BCUT2D eigenvalue weighted by molar-refractivity contribution is -0.122. The van der Waals surface area contributed by atoms with Crippen LogP contribution in [0, 0.1) is 12.3 Å². The van der Waals surface area contributed by atoms with Crippen molar-refractivity contribution in [2.75, 3.05) is 6.54 Å². The zero-order valence-electron chi connectivity index (χ0n) is 12.7. The Hall–Kier alpha value is -3.06. The summed E-state index contributed by atoms with van der Waals surface area (Å²) in [5.41, 5.74) is 1.47. The van der Waals surface area contributed by atoms with Crippen molar-refractivity contribution in [3.05, 3.63) is 71.8 Å². The minimum Gasteiger partial charge on any atom is -0.343 e. The molecule has 0 aliphatic heterocycles. The summed E-state index contributed by atoms with van der Waals surface area (Å²) in [4.78, 5) is 24.5. The van der Waals surface area contributed by atoms with Crippen LogP contribution in [0.4, 0.5) is 0 Å². The summed E-state index contributed by atoms with van der Waals surface area (Å²) < 4.78 is 0. The third kappa shape index (κ3) is 5.01. The molecule has 0 bridgehead atoms. The van der Waals surface area contributed by atoms with Gasteiger partial charge in [0.15, 0.2) is 0 Å². The predicted octanol–water partition coefficient (Wildman–Crippen LogP) is 1.78. The summed E-state index contributed by atoms with van der Waals surface area (Å²) >= 11 is 0. The molecule has 2 aromatic carbocycles. The van der Waals surface area contributed by atoms with Gasteiger partial charge >= 0.3 is 0 Å². The topological polar surface area (TPSA) is 58.2 Å². The Labute approximate surface area is 135 Å². The van der Waals surface area contributed by atoms with Crippen LogP contribution in [0.5, 0.6) is 0 Å². The lowest BCUT2D eigenvalue weighted by Crippen LogP contribution is -2.48. The van der Waals surface area contributed by atoms with Gasteiger partial charge < -0.3 is 10.6 Å². The highest BCUT2D eigenvalue weighted by Gasteiger charge is 2.21. The van der Waals surface area contributed by atoms with Gasteiger partial charge in [0.05, 0.1) is 6.54 Å². The maximum atomic E-state index is 12.3. The number of carbonyl (C=O) groups is 2. The van der Waals surface area contributed by atoms with Crippen molar-refractivity contribution < 1.29 is 9.59 Å². The molecule has 4 nitrogen and oxygen atoms in total. The van der Waals surface area contributed by atoms with Gasteiger partial charge in [-0.3, -0.25) is 9.59 Å². The van der Waals surface area contributed by atoms with E-state index in [0.717, 1.165) is 5.56 Å². The second-order valence-corrected chi connectivity index (χ2v) is 5.00. The molecular weight excluding hydrogens is 288 g/mol. The van der Waals surface area contributed by atoms with Crippen LogP contribution in [-0.4, -0.2) is 24.4 Å². The Balaban J connectivity index is 2.11. The summed E-state index contributed by atoms with van der Waals surface area (Å²) in [6.45, 7) is 0.130. The first-order chi connectivity index (χ1) is 11.2. The van der Waals surface area contributed by atoms with E-state index in [-0.39, 0.29) is 18.4 Å². The molecule has 0 saturated heterocycles. The number of nitrogens with one attached hydrogen (secondary N) is 2. The number of hydrogen-bond donors (Lipinski definition) is 2. The molecule has 0 radical (unpaired) electrons. The molecule has 0 aromatic heterocycles. The number of terminal acetylenes is 1. The van der Waals surface area contributed by atoms with E-state index in [1.807, 2.05) is 36.4 Å². The lowest BCUT2D eigenvalue weighted by Gasteiger charge is -2.18. The summed E-state index contributed by atoms with van der Waals surface area (Å²) in [6, 6.07) is 17.6. The van der Waals surface area contributed by atoms with Gasteiger partial charge in [0.1, 0.15) is 6.04 Å². The van der Waals surface area contributed by atoms with Gasteiger partial charge in [0.2, 0.25) is 5.91 Å². The highest BCUT2D eigenvalue weighted by Crippen LogP contribution is 2.05. The highest BCUT2D eigenvalue weighted by atomic mass is 16.2. The summed E-state index contributed by atoms with van der Waals surface area (Å²) in [5, 5.41) is 5.39. The van der Waals surface area contributed by atoms with Crippen molar-refractivity contribution in [1.29, 1.82) is 0 Å². The second-order valence-electron chi connectivity index (χ2n) is 5.00. The molecule has 0 spiro atoms. The van der Waals surface area contributed by atoms with Gasteiger partial charge in [-0.25, -0.2) is 0 Å². The molecule has 0 aliphatic carbocycles. The first kappa shape index (κ1) is 16.3. The number of amides is 2. The zero-order valence-corrected chi connectivity index (χ0v) is 12.7. The van der Waals surface area contributed by atoms with Crippen molar-refractivity contribution in [1.82, 2.24) is 10.6 Å². The van der Waals surface area contributed by atoms with Crippen LogP contribution in [0.25, 0.3) is 0 Å². The number of hydrogen-bond acceptors (Lipinski definition) is 2. The number of benzene rings is 2. The van der Waals surface area contributed by atoms with E-state index in [2.05, 4.69) is 16.6 Å². The molecule has 23 heavy (non-hydrogen) atoms. The first-order valence-corrected chi connectivity index (χ1v) is 7.31. The normalized spacial score (nSPS) is 11.1. The SMILES string of the molecule is C#CCNC(=O)C(Cc1ccccc1)NC(=O)c1ccccc1. The molecule has 0 heterocycles. The van der Waals surface area contributed by atoms with E-state index < -0.39 is 6.04 Å². The first-order valence-electron chi connectivity index (χ1n) is 7.31. The van der Waals surface area contributed by atoms with E-state index in [1.165, 1.54) is 0 Å². The van der Waals surface area contributed by atoms with Crippen molar-refractivity contribution in [3.8, 4) is 12.3 Å². The van der Waals surface area contributed by atoms with Crippen LogP contribution in [0.15, 0.2) is 60.7 Å². The zero-order chi connectivity index (χ0) is 16.5. The Kier molecular flexibility index (Phi) is 5.96. The van der Waals surface area contributed by atoms with Crippen LogP contribution in [0.2, 0.25) is 0 Å². The molecule has 2 aromatic rings. The molecule has 1 atom stereocenters. The molecule has 116 valence electrons. The Morgan fingerprint density at radius 3 is 2.22 bits per heavy atom. The van der Waals surface area contributed by atoms with Gasteiger partial charge in [0.25, 0.3) is 5.91 Å². The molecule has 4 heteroatoms. The predicted molar refractivity (Wildman–Crippen MR) is 89.7 cm³/mol. The van der Waals surface area contributed by atoms with Crippen LogP contribution >= 0.6 is 0 Å². The largest absolute Gasteiger partial charge is 0.343 e. The van der Waals surface area contributed by atoms with E-state index in [1.54, 1.807) is 24.3 Å². The lowest BCUT2D eigenvalue weighted by atomic mass is 10.0. The summed E-state index contributed by atoms with van der Waals surface area (Å²) in [7, 11) is 0. The summed E-state index contributed by atoms with van der Waals surface area (Å²) in [5.74, 6) is 1.77. The Morgan fingerprint density at radius 2 is 1.61 bits per heavy atom. The molecule has 0 fully saturated rings. The Morgan fingerprint density at radius 1 is 1.00 bits per heavy atom. The molecule has 2 amide bonds. The van der Waals surface area contributed by atoms with E-state index in [4.69, 9.17) is 6.42 Å². The molecule has 0 saturated carbocycles. The Bertz CT molecular complexity index is 690. The van der Waals surface area contributed by atoms with E-state index in [0.29, 0.717) is 12.0 Å². The minimum atomic E-state index is -0.682. The minimum absolute atomic E-state index is 0.130. The molecule has 1 unspecified atom stereocenters. The highest BCUT2D eigenvalue weighted by molar-refractivity contribution is 5.97. The molecule has 2 N–H and O–H groups in total. The van der Waals surface area contributed by atoms with Crippen molar-refractivity contribution in [2.45, 2.75) is 12.5 Å². The average Bonchev–Trinajstić information content (AvgIpc) is 2.60. The van der Waals surface area contributed by atoms with Crippen LogP contribution in [0.1, 0.15) is 15.9 Å². The smallest absolute Gasteiger partial charge is 0.251 e. The van der Waals surface area contributed by atoms with Gasteiger partial charge in [-0.2, -0.15) is 0 Å². The molecular formula is C19H18N2O2. The van der Waals surface area contributed by atoms with Gasteiger partial charge in [-0.15, -0.1) is 6.42 Å². The van der Waals surface area contributed by atoms with Crippen LogP contribution < -0.4 is 10.6 Å².